The van der Waals surface area contributed by atoms with Crippen molar-refractivity contribution in [2.75, 3.05) is 20.8 Å². The van der Waals surface area contributed by atoms with Gasteiger partial charge in [-0.1, -0.05) is 0 Å². The quantitative estimate of drug-likeness (QED) is 0.850. The largest absolute Gasteiger partial charge is 0.349 e. The van der Waals surface area contributed by atoms with Gasteiger partial charge >= 0.3 is 0 Å². The Morgan fingerprint density at radius 2 is 2.13 bits per heavy atom. The van der Waals surface area contributed by atoms with E-state index in [1.54, 1.807) is 14.1 Å². The maximum atomic E-state index is 13.1. The predicted molar refractivity (Wildman–Crippen MR) is 87.6 cm³/mol. The molecule has 1 N–H and O–H groups in total. The summed E-state index contributed by atoms with van der Waals surface area (Å²) in [7, 11) is 3.57. The Labute approximate surface area is 134 Å². The van der Waals surface area contributed by atoms with Crippen molar-refractivity contribution in [1.82, 2.24) is 9.80 Å². The first kappa shape index (κ1) is 15.8. The lowest BCUT2D eigenvalue weighted by Crippen LogP contribution is -2.46. The fourth-order valence-electron chi connectivity index (χ4n) is 3.01. The molecular weight excluding hydrogens is 300 g/mol. The van der Waals surface area contributed by atoms with Crippen molar-refractivity contribution in [3.05, 3.63) is 35.2 Å². The van der Waals surface area contributed by atoms with E-state index in [0.717, 1.165) is 18.4 Å². The number of aliphatic imine (C=N–C) groups is 1. The number of nitrogens with zero attached hydrogens (tertiary/aromatic N) is 2. The third-order valence-electron chi connectivity index (χ3n) is 4.27. The van der Waals surface area contributed by atoms with Crippen LogP contribution in [-0.4, -0.2) is 38.6 Å². The Morgan fingerprint density at radius 1 is 1.43 bits per heavy atom. The van der Waals surface area contributed by atoms with Gasteiger partial charge in [0.25, 0.3) is 5.91 Å². The van der Waals surface area contributed by atoms with E-state index in [2.05, 4.69) is 10.3 Å². The highest BCUT2D eigenvalue weighted by molar-refractivity contribution is 6.16. The molecule has 6 heteroatoms. The second-order valence-electron chi connectivity index (χ2n) is 6.58. The number of hydrogen-bond acceptors (Lipinski definition) is 2. The fourth-order valence-corrected chi connectivity index (χ4v) is 3.01. The molecule has 0 bridgehead atoms. The van der Waals surface area contributed by atoms with E-state index in [9.17, 15) is 13.6 Å². The van der Waals surface area contributed by atoms with Gasteiger partial charge in [-0.05, 0) is 37.5 Å². The zero-order valence-corrected chi connectivity index (χ0v) is 13.5. The second kappa shape index (κ2) is 5.53. The summed E-state index contributed by atoms with van der Waals surface area (Å²) in [6, 6.07) is 3.89. The van der Waals surface area contributed by atoms with Crippen LogP contribution in [0.1, 0.15) is 28.8 Å². The zero-order valence-electron chi connectivity index (χ0n) is 13.5. The third kappa shape index (κ3) is 2.67. The molecule has 2 aliphatic rings. The number of aryl methyl sites for hydroxylation is 1. The monoisotopic (exact) mass is 320 g/mol. The number of carbonyl (C=O) groups is 1. The molecule has 0 saturated heterocycles. The summed E-state index contributed by atoms with van der Waals surface area (Å²) in [5.74, 6) is 0.136. The average Bonchev–Trinajstić information content (AvgIpc) is 3.25. The van der Waals surface area contributed by atoms with E-state index in [0.29, 0.717) is 16.9 Å². The highest BCUT2D eigenvalue weighted by Crippen LogP contribution is 2.43. The third-order valence-corrected chi connectivity index (χ3v) is 4.27. The van der Waals surface area contributed by atoms with E-state index in [1.807, 2.05) is 19.1 Å². The lowest BCUT2D eigenvalue weighted by Gasteiger charge is -2.27. The van der Waals surface area contributed by atoms with E-state index in [4.69, 9.17) is 0 Å². The number of rotatable bonds is 4. The molecule has 0 unspecified atom stereocenters. The standard InChI is InChI=1S/C17H19F2N3O/c1-10-6-13(17(23)20-12-4-5-12)15-14(7-10)21-16(22(15,2)3)11(8-18)9-19/h6-8,12H,4-5,9H2,1-3H3/p+1. The van der Waals surface area contributed by atoms with Crippen molar-refractivity contribution < 1.29 is 13.6 Å². The van der Waals surface area contributed by atoms with Crippen molar-refractivity contribution in [3.63, 3.8) is 0 Å². The summed E-state index contributed by atoms with van der Waals surface area (Å²) in [6.07, 6.45) is 2.24. The van der Waals surface area contributed by atoms with Gasteiger partial charge in [-0.25, -0.2) is 13.3 Å². The molecule has 1 heterocycles. The number of amidine groups is 1. The smallest absolute Gasteiger partial charge is 0.257 e. The van der Waals surface area contributed by atoms with Crippen molar-refractivity contribution in [2.24, 2.45) is 4.99 Å². The molecule has 122 valence electrons. The summed E-state index contributed by atoms with van der Waals surface area (Å²) in [5, 5.41) is 2.97. The van der Waals surface area contributed by atoms with Gasteiger partial charge in [0.2, 0.25) is 5.84 Å². The molecule has 1 aliphatic heterocycles. The number of nitrogens with one attached hydrogen (secondary N) is 1. The van der Waals surface area contributed by atoms with Crippen LogP contribution in [0.5, 0.6) is 0 Å². The minimum atomic E-state index is -0.937. The summed E-state index contributed by atoms with van der Waals surface area (Å²) < 4.78 is 26.2. The summed E-state index contributed by atoms with van der Waals surface area (Å²) in [4.78, 5) is 17.0. The Kier molecular flexibility index (Phi) is 3.80. The van der Waals surface area contributed by atoms with Crippen molar-refractivity contribution in [2.45, 2.75) is 25.8 Å². The SMILES string of the molecule is Cc1cc2c(c(C(=O)NC3CC3)c1)[N+](C)(C)C(C(=CF)CF)=N2. The van der Waals surface area contributed by atoms with E-state index < -0.39 is 6.67 Å². The molecule has 1 fully saturated rings. The van der Waals surface area contributed by atoms with Crippen LogP contribution >= 0.6 is 0 Å². The van der Waals surface area contributed by atoms with Crippen LogP contribution in [0.15, 0.2) is 29.0 Å². The number of carbonyl (C=O) groups excluding carboxylic acids is 1. The number of likely N-dealkylation sites (N-methyl/N-ethyl adjacent to an activating group) is 1. The first-order valence-electron chi connectivity index (χ1n) is 7.63. The molecule has 0 radical (unpaired) electrons. The fraction of sp³-hybridized carbons (Fsp3) is 0.412. The van der Waals surface area contributed by atoms with Gasteiger partial charge in [-0.2, -0.15) is 4.99 Å². The molecular formula is C17H20F2N3O+. The van der Waals surface area contributed by atoms with Crippen molar-refractivity contribution >= 4 is 23.1 Å². The summed E-state index contributed by atoms with van der Waals surface area (Å²) in [5.41, 5.74) is 2.58. The Balaban J connectivity index is 2.09. The Morgan fingerprint density at radius 3 is 2.70 bits per heavy atom. The van der Waals surface area contributed by atoms with Gasteiger partial charge in [0.15, 0.2) is 5.69 Å². The second-order valence-corrected chi connectivity index (χ2v) is 6.58. The van der Waals surface area contributed by atoms with Gasteiger partial charge in [0, 0.05) is 6.04 Å². The molecule has 1 saturated carbocycles. The zero-order chi connectivity index (χ0) is 16.8. The predicted octanol–water partition coefficient (Wildman–Crippen LogP) is 3.32. The molecule has 0 aromatic heterocycles. The first-order chi connectivity index (χ1) is 10.9. The lowest BCUT2D eigenvalue weighted by molar-refractivity contribution is 0.0950. The number of benzene rings is 1. The molecule has 1 aromatic carbocycles. The van der Waals surface area contributed by atoms with Gasteiger partial charge in [0.05, 0.1) is 19.7 Å². The number of quaternary nitrogens is 1. The Bertz CT molecular complexity index is 734. The molecule has 1 aromatic rings. The lowest BCUT2D eigenvalue weighted by atomic mass is 10.0. The van der Waals surface area contributed by atoms with E-state index in [1.165, 1.54) is 0 Å². The van der Waals surface area contributed by atoms with Crippen LogP contribution in [0.4, 0.5) is 20.2 Å². The molecule has 23 heavy (non-hydrogen) atoms. The van der Waals surface area contributed by atoms with Gasteiger partial charge in [0.1, 0.15) is 24.3 Å². The molecule has 0 spiro atoms. The number of halogens is 2. The van der Waals surface area contributed by atoms with E-state index in [-0.39, 0.29) is 34.2 Å². The van der Waals surface area contributed by atoms with Crippen LogP contribution in [0.25, 0.3) is 0 Å². The van der Waals surface area contributed by atoms with Crippen LogP contribution in [0.2, 0.25) is 0 Å². The minimum absolute atomic E-state index is 0.0444. The van der Waals surface area contributed by atoms with Crippen molar-refractivity contribution in [3.8, 4) is 0 Å². The molecule has 4 nitrogen and oxygen atoms in total. The first-order valence-corrected chi connectivity index (χ1v) is 7.63. The highest BCUT2D eigenvalue weighted by Gasteiger charge is 2.42. The average molecular weight is 320 g/mol. The normalized spacial score (nSPS) is 19.3. The highest BCUT2D eigenvalue weighted by atomic mass is 19.1. The Hall–Kier alpha value is -2.08. The van der Waals surface area contributed by atoms with Gasteiger partial charge in [-0.15, -0.1) is 0 Å². The maximum absolute atomic E-state index is 13.1. The number of amides is 1. The van der Waals surface area contributed by atoms with Crippen molar-refractivity contribution in [1.29, 1.82) is 0 Å². The molecule has 1 aliphatic carbocycles. The molecule has 3 rings (SSSR count). The van der Waals surface area contributed by atoms with Crippen LogP contribution in [0, 0.1) is 6.92 Å². The maximum Gasteiger partial charge on any atom is 0.257 e. The number of hydrogen-bond donors (Lipinski definition) is 1. The van der Waals surface area contributed by atoms with E-state index >= 15 is 0 Å². The summed E-state index contributed by atoms with van der Waals surface area (Å²) >= 11 is 0. The van der Waals surface area contributed by atoms with Crippen LogP contribution < -0.4 is 9.80 Å². The number of alkyl halides is 1. The topological polar surface area (TPSA) is 41.5 Å². The minimum Gasteiger partial charge on any atom is -0.349 e. The molecule has 0 atom stereocenters. The van der Waals surface area contributed by atoms with Crippen LogP contribution in [-0.2, 0) is 0 Å². The van der Waals surface area contributed by atoms with Gasteiger partial charge in [-0.3, -0.25) is 4.79 Å². The van der Waals surface area contributed by atoms with Crippen LogP contribution in [0.3, 0.4) is 0 Å². The van der Waals surface area contributed by atoms with Gasteiger partial charge < -0.3 is 5.32 Å². The molecule has 1 amide bonds. The summed E-state index contributed by atoms with van der Waals surface area (Å²) in [6.45, 7) is 0.941. The number of fused-ring (bicyclic) bond motifs is 1.